The van der Waals surface area contributed by atoms with Crippen LogP contribution in [0.3, 0.4) is 0 Å². The number of carbonyl (C=O) groups is 2. The Kier molecular flexibility index (Phi) is 4.73. The molecule has 2 aromatic rings. The van der Waals surface area contributed by atoms with E-state index in [1.165, 1.54) is 6.07 Å². The number of benzene rings is 2. The normalized spacial score (nSPS) is 9.33. The van der Waals surface area contributed by atoms with Crippen LogP contribution < -0.4 is 0 Å². The molecule has 0 unspecified atom stereocenters. The molecule has 0 aliphatic heterocycles. The van der Waals surface area contributed by atoms with E-state index in [0.717, 1.165) is 5.56 Å². The molecular formula is C17H12O4. The van der Waals surface area contributed by atoms with E-state index in [4.69, 9.17) is 0 Å². The first-order chi connectivity index (χ1) is 10.1. The number of rotatable bonds is 2. The van der Waals surface area contributed by atoms with Gasteiger partial charge in [-0.1, -0.05) is 48.4 Å². The highest BCUT2D eigenvalue weighted by Gasteiger charge is 2.09. The van der Waals surface area contributed by atoms with Crippen LogP contribution in [0.5, 0.6) is 5.75 Å². The van der Waals surface area contributed by atoms with Gasteiger partial charge in [-0.05, 0) is 17.7 Å². The number of phenols is 1. The Morgan fingerprint density at radius 3 is 2.38 bits per heavy atom. The molecule has 0 atom stereocenters. The fourth-order valence-corrected chi connectivity index (χ4v) is 1.63. The molecule has 0 radical (unpaired) electrons. The molecule has 0 saturated heterocycles. The molecule has 0 aromatic heterocycles. The fraction of sp³-hybridized carbons (Fsp3) is 0.0588. The molecule has 0 fully saturated rings. The summed E-state index contributed by atoms with van der Waals surface area (Å²) in [5.74, 6) is 2.97. The van der Waals surface area contributed by atoms with Gasteiger partial charge < -0.3 is 9.84 Å². The second-order valence-electron chi connectivity index (χ2n) is 4.19. The number of ether oxygens (including phenoxy) is 1. The number of phenolic OH excluding ortho intramolecular Hbond substituents is 1. The zero-order valence-electron chi connectivity index (χ0n) is 11.1. The third-order valence-electron chi connectivity index (χ3n) is 2.60. The summed E-state index contributed by atoms with van der Waals surface area (Å²) in [5, 5.41) is 9.48. The summed E-state index contributed by atoms with van der Waals surface area (Å²) < 4.78 is 4.58. The zero-order chi connectivity index (χ0) is 15.1. The Hall–Kier alpha value is -3.06. The molecule has 0 heterocycles. The lowest BCUT2D eigenvalue weighted by Gasteiger charge is -1.99. The van der Waals surface area contributed by atoms with E-state index in [2.05, 4.69) is 16.6 Å². The molecule has 4 nitrogen and oxygen atoms in total. The van der Waals surface area contributed by atoms with Crippen molar-refractivity contribution in [2.24, 2.45) is 0 Å². The molecule has 0 amide bonds. The van der Waals surface area contributed by atoms with E-state index in [0.29, 0.717) is 5.56 Å². The van der Waals surface area contributed by atoms with Gasteiger partial charge in [0, 0.05) is 5.92 Å². The maximum absolute atomic E-state index is 11.5. The lowest BCUT2D eigenvalue weighted by molar-refractivity contribution is -0.155. The number of hydrogen-bond acceptors (Lipinski definition) is 4. The summed E-state index contributed by atoms with van der Waals surface area (Å²) in [5.41, 5.74) is 1.05. The first-order valence-corrected chi connectivity index (χ1v) is 6.24. The van der Waals surface area contributed by atoms with Crippen molar-refractivity contribution in [2.75, 3.05) is 0 Å². The minimum atomic E-state index is -0.945. The topological polar surface area (TPSA) is 63.6 Å². The molecule has 4 heteroatoms. The Morgan fingerprint density at radius 2 is 1.67 bits per heavy atom. The van der Waals surface area contributed by atoms with Crippen molar-refractivity contribution < 1.29 is 19.4 Å². The zero-order valence-corrected chi connectivity index (χ0v) is 11.1. The van der Waals surface area contributed by atoms with Crippen LogP contribution in [0.2, 0.25) is 0 Å². The van der Waals surface area contributed by atoms with Crippen molar-refractivity contribution >= 4 is 11.9 Å². The highest BCUT2D eigenvalue weighted by atomic mass is 16.6. The Morgan fingerprint density at radius 1 is 1.00 bits per heavy atom. The number of carbonyl (C=O) groups excluding carboxylic acids is 2. The first-order valence-electron chi connectivity index (χ1n) is 6.24. The summed E-state index contributed by atoms with van der Waals surface area (Å²) in [6.07, 6.45) is 0.00481. The maximum atomic E-state index is 11.5. The quantitative estimate of drug-likeness (QED) is 0.519. The Labute approximate surface area is 122 Å². The van der Waals surface area contributed by atoms with Crippen molar-refractivity contribution in [1.82, 2.24) is 0 Å². The first kappa shape index (κ1) is 14.4. The molecule has 0 spiro atoms. The van der Waals surface area contributed by atoms with Crippen LogP contribution in [0.1, 0.15) is 11.1 Å². The minimum absolute atomic E-state index is 0.00481. The van der Waals surface area contributed by atoms with Gasteiger partial charge in [0.1, 0.15) is 5.75 Å². The van der Waals surface area contributed by atoms with E-state index in [1.54, 1.807) is 42.5 Å². The van der Waals surface area contributed by atoms with Crippen LogP contribution in [0.15, 0.2) is 54.6 Å². The Balaban J connectivity index is 1.94. The molecule has 0 aliphatic carbocycles. The van der Waals surface area contributed by atoms with Gasteiger partial charge in [0.05, 0.1) is 12.0 Å². The number of aromatic hydroxyl groups is 1. The van der Waals surface area contributed by atoms with Gasteiger partial charge in [0.15, 0.2) is 0 Å². The van der Waals surface area contributed by atoms with Gasteiger partial charge >= 0.3 is 11.9 Å². The van der Waals surface area contributed by atoms with Gasteiger partial charge in [-0.25, -0.2) is 4.79 Å². The Bertz CT molecular complexity index is 708. The monoisotopic (exact) mass is 280 g/mol. The molecule has 21 heavy (non-hydrogen) atoms. The number of para-hydroxylation sites is 1. The average molecular weight is 280 g/mol. The van der Waals surface area contributed by atoms with Crippen LogP contribution in [-0.4, -0.2) is 17.0 Å². The predicted molar refractivity (Wildman–Crippen MR) is 76.2 cm³/mol. The molecular weight excluding hydrogens is 268 g/mol. The predicted octanol–water partition coefficient (Wildman–Crippen LogP) is 2.06. The van der Waals surface area contributed by atoms with Gasteiger partial charge in [0.25, 0.3) is 0 Å². The van der Waals surface area contributed by atoms with Gasteiger partial charge in [-0.2, -0.15) is 0 Å². The lowest BCUT2D eigenvalue weighted by atomic mass is 10.2. The highest BCUT2D eigenvalue weighted by Crippen LogP contribution is 2.13. The minimum Gasteiger partial charge on any atom is -0.507 e. The van der Waals surface area contributed by atoms with E-state index < -0.39 is 11.9 Å². The summed E-state index contributed by atoms with van der Waals surface area (Å²) in [4.78, 5) is 23.0. The number of esters is 2. The molecule has 0 saturated carbocycles. The molecule has 104 valence electrons. The fourth-order valence-electron chi connectivity index (χ4n) is 1.63. The molecule has 2 rings (SSSR count). The third kappa shape index (κ3) is 4.51. The molecule has 0 bridgehead atoms. The molecule has 1 N–H and O–H groups in total. The van der Waals surface area contributed by atoms with E-state index in [1.807, 2.05) is 6.07 Å². The van der Waals surface area contributed by atoms with Gasteiger partial charge in [-0.3, -0.25) is 4.79 Å². The second kappa shape index (κ2) is 6.92. The lowest BCUT2D eigenvalue weighted by Crippen LogP contribution is -2.12. The van der Waals surface area contributed by atoms with Crippen LogP contribution >= 0.6 is 0 Å². The van der Waals surface area contributed by atoms with E-state index in [9.17, 15) is 14.7 Å². The van der Waals surface area contributed by atoms with Crippen molar-refractivity contribution in [3.8, 4) is 17.6 Å². The smallest absolute Gasteiger partial charge is 0.392 e. The van der Waals surface area contributed by atoms with Crippen molar-refractivity contribution in [3.05, 3.63) is 65.7 Å². The van der Waals surface area contributed by atoms with Crippen LogP contribution in [0, 0.1) is 11.8 Å². The summed E-state index contributed by atoms with van der Waals surface area (Å²) in [6.45, 7) is 0. The number of hydrogen-bond donors (Lipinski definition) is 1. The van der Waals surface area contributed by atoms with Crippen molar-refractivity contribution in [2.45, 2.75) is 6.42 Å². The van der Waals surface area contributed by atoms with Crippen LogP contribution in [-0.2, 0) is 20.7 Å². The van der Waals surface area contributed by atoms with Gasteiger partial charge in [-0.15, -0.1) is 0 Å². The average Bonchev–Trinajstić information content (AvgIpc) is 2.47. The standard InChI is InChI=1S/C17H12O4/c18-15-9-5-4-8-14(15)10-11-16(19)21-17(20)12-13-6-2-1-3-7-13/h1-9,18H,12H2. The summed E-state index contributed by atoms with van der Waals surface area (Å²) >= 11 is 0. The molecule has 0 aliphatic rings. The highest BCUT2D eigenvalue weighted by molar-refractivity contribution is 5.97. The van der Waals surface area contributed by atoms with E-state index >= 15 is 0 Å². The van der Waals surface area contributed by atoms with E-state index in [-0.39, 0.29) is 12.2 Å². The maximum Gasteiger partial charge on any atom is 0.392 e. The largest absolute Gasteiger partial charge is 0.507 e. The summed E-state index contributed by atoms with van der Waals surface area (Å²) in [6, 6.07) is 15.3. The third-order valence-corrected chi connectivity index (χ3v) is 2.60. The van der Waals surface area contributed by atoms with Gasteiger partial charge in [0.2, 0.25) is 0 Å². The molecule has 2 aromatic carbocycles. The second-order valence-corrected chi connectivity index (χ2v) is 4.19. The SMILES string of the molecule is O=C(C#Cc1ccccc1O)OC(=O)Cc1ccccc1. The van der Waals surface area contributed by atoms with Crippen molar-refractivity contribution in [1.29, 1.82) is 0 Å². The van der Waals surface area contributed by atoms with Crippen molar-refractivity contribution in [3.63, 3.8) is 0 Å². The van der Waals surface area contributed by atoms with Crippen LogP contribution in [0.25, 0.3) is 0 Å². The van der Waals surface area contributed by atoms with Crippen LogP contribution in [0.4, 0.5) is 0 Å². The summed E-state index contributed by atoms with van der Waals surface area (Å²) in [7, 11) is 0.